The van der Waals surface area contributed by atoms with Gasteiger partial charge in [-0.05, 0) is 79.3 Å². The molecule has 144 valence electrons. The number of nitrogens with zero attached hydrogens (tertiary/aromatic N) is 1. The zero-order chi connectivity index (χ0) is 19.3. The van der Waals surface area contributed by atoms with Gasteiger partial charge >= 0.3 is 5.97 Å². The summed E-state index contributed by atoms with van der Waals surface area (Å²) in [6.07, 6.45) is 20.8. The summed E-state index contributed by atoms with van der Waals surface area (Å²) in [7, 11) is 0. The predicted molar refractivity (Wildman–Crippen MR) is 113 cm³/mol. The van der Waals surface area contributed by atoms with Crippen LogP contribution < -0.4 is 0 Å². The molecule has 0 atom stereocenters. The molecule has 0 bridgehead atoms. The quantitative estimate of drug-likeness (QED) is 0.516. The molecule has 4 rings (SSSR count). The highest BCUT2D eigenvalue weighted by atomic mass is 16.4. The van der Waals surface area contributed by atoms with Crippen molar-refractivity contribution < 1.29 is 9.90 Å². The molecule has 0 saturated heterocycles. The largest absolute Gasteiger partial charge is 0.478 e. The SMILES string of the molecule is O=C(O)c1ccc2[nH]cc(CCCCN3C=CC(C4=CCC=CC4)=CC3)c2c1. The first-order valence-corrected chi connectivity index (χ1v) is 10.0. The molecule has 0 unspecified atom stereocenters. The number of aromatic amines is 1. The Hall–Kier alpha value is -3.01. The van der Waals surface area contributed by atoms with Gasteiger partial charge in [-0.25, -0.2) is 4.79 Å². The van der Waals surface area contributed by atoms with Gasteiger partial charge in [-0.2, -0.15) is 0 Å². The molecule has 1 aromatic heterocycles. The summed E-state index contributed by atoms with van der Waals surface area (Å²) in [4.78, 5) is 16.8. The number of aromatic nitrogens is 1. The topological polar surface area (TPSA) is 56.3 Å². The lowest BCUT2D eigenvalue weighted by molar-refractivity contribution is 0.0697. The van der Waals surface area contributed by atoms with Crippen molar-refractivity contribution in [3.05, 3.63) is 83.2 Å². The van der Waals surface area contributed by atoms with Crippen LogP contribution in [0.15, 0.2) is 72.1 Å². The Kier molecular flexibility index (Phi) is 5.47. The van der Waals surface area contributed by atoms with Crippen molar-refractivity contribution in [3.63, 3.8) is 0 Å². The van der Waals surface area contributed by atoms with Crippen molar-refractivity contribution in [2.24, 2.45) is 0 Å². The third-order valence-corrected chi connectivity index (χ3v) is 5.54. The van der Waals surface area contributed by atoms with Crippen molar-refractivity contribution in [1.82, 2.24) is 9.88 Å². The number of hydrogen-bond donors (Lipinski definition) is 2. The predicted octanol–water partition coefficient (Wildman–Crippen LogP) is 5.22. The number of benzene rings is 1. The molecule has 0 amide bonds. The summed E-state index contributed by atoms with van der Waals surface area (Å²) in [5.74, 6) is -0.877. The molecule has 1 aliphatic heterocycles. The summed E-state index contributed by atoms with van der Waals surface area (Å²) in [5, 5.41) is 10.2. The highest BCUT2D eigenvalue weighted by Gasteiger charge is 2.10. The van der Waals surface area contributed by atoms with E-state index in [4.69, 9.17) is 0 Å². The number of carbonyl (C=O) groups is 1. The van der Waals surface area contributed by atoms with Crippen molar-refractivity contribution in [1.29, 1.82) is 0 Å². The van der Waals surface area contributed by atoms with Gasteiger partial charge in [0.05, 0.1) is 5.56 Å². The van der Waals surface area contributed by atoms with E-state index in [1.54, 1.807) is 12.1 Å². The number of hydrogen-bond acceptors (Lipinski definition) is 2. The molecule has 0 saturated carbocycles. The maximum Gasteiger partial charge on any atom is 0.335 e. The minimum atomic E-state index is -0.877. The lowest BCUT2D eigenvalue weighted by Crippen LogP contribution is -2.21. The zero-order valence-corrected chi connectivity index (χ0v) is 16.0. The standard InChI is InChI=1S/C24H26N2O2/c27-24(28)20-9-10-23-22(16-20)21(17-25-23)8-4-5-13-26-14-11-19(12-15-26)18-6-2-1-3-7-18/h1-2,7,9-12,14,16-17,25H,3-6,8,13,15H2,(H,27,28). The highest BCUT2D eigenvalue weighted by molar-refractivity contribution is 5.94. The molecule has 4 heteroatoms. The smallest absolute Gasteiger partial charge is 0.335 e. The lowest BCUT2D eigenvalue weighted by Gasteiger charge is -2.23. The van der Waals surface area contributed by atoms with Crippen LogP contribution in [0.25, 0.3) is 10.9 Å². The first kappa shape index (κ1) is 18.4. The Morgan fingerprint density at radius 1 is 1.18 bits per heavy atom. The molecule has 4 nitrogen and oxygen atoms in total. The van der Waals surface area contributed by atoms with E-state index in [1.807, 2.05) is 12.3 Å². The Morgan fingerprint density at radius 2 is 2.11 bits per heavy atom. The summed E-state index contributed by atoms with van der Waals surface area (Å²) in [6, 6.07) is 5.27. The summed E-state index contributed by atoms with van der Waals surface area (Å²) in [5.41, 5.74) is 5.36. The Labute approximate surface area is 165 Å². The van der Waals surface area contributed by atoms with Gasteiger partial charge in [0.1, 0.15) is 0 Å². The average Bonchev–Trinajstić information content (AvgIpc) is 3.14. The number of H-pyrrole nitrogens is 1. The van der Waals surface area contributed by atoms with Crippen LogP contribution in [-0.2, 0) is 6.42 Å². The van der Waals surface area contributed by atoms with Crippen LogP contribution in [0.3, 0.4) is 0 Å². The van der Waals surface area contributed by atoms with Gasteiger partial charge < -0.3 is 15.0 Å². The molecule has 28 heavy (non-hydrogen) atoms. The third kappa shape index (κ3) is 4.11. The Morgan fingerprint density at radius 3 is 2.86 bits per heavy atom. The molecule has 0 radical (unpaired) electrons. The minimum absolute atomic E-state index is 0.345. The van der Waals surface area contributed by atoms with Crippen LogP contribution in [0.5, 0.6) is 0 Å². The molecular weight excluding hydrogens is 348 g/mol. The lowest BCUT2D eigenvalue weighted by atomic mass is 9.96. The van der Waals surface area contributed by atoms with E-state index in [-0.39, 0.29) is 0 Å². The molecular formula is C24H26N2O2. The molecule has 0 fully saturated rings. The maximum absolute atomic E-state index is 11.2. The minimum Gasteiger partial charge on any atom is -0.478 e. The van der Waals surface area contributed by atoms with E-state index in [0.29, 0.717) is 5.56 Å². The van der Waals surface area contributed by atoms with E-state index in [0.717, 1.165) is 56.1 Å². The summed E-state index contributed by atoms with van der Waals surface area (Å²) in [6.45, 7) is 2.02. The second-order valence-corrected chi connectivity index (χ2v) is 7.45. The van der Waals surface area contributed by atoms with Crippen molar-refractivity contribution >= 4 is 16.9 Å². The van der Waals surface area contributed by atoms with E-state index >= 15 is 0 Å². The Bertz CT molecular complexity index is 991. The highest BCUT2D eigenvalue weighted by Crippen LogP contribution is 2.24. The molecule has 0 spiro atoms. The van der Waals surface area contributed by atoms with Crippen molar-refractivity contribution in [2.75, 3.05) is 13.1 Å². The maximum atomic E-state index is 11.2. The number of allylic oxidation sites excluding steroid dienone is 6. The van der Waals surface area contributed by atoms with Gasteiger partial charge in [0.15, 0.2) is 0 Å². The van der Waals surface area contributed by atoms with Gasteiger partial charge in [0.25, 0.3) is 0 Å². The van der Waals surface area contributed by atoms with Gasteiger partial charge in [0.2, 0.25) is 0 Å². The number of carboxylic acid groups (broad SMARTS) is 1. The number of aryl methyl sites for hydroxylation is 1. The van der Waals surface area contributed by atoms with Crippen LogP contribution in [0.4, 0.5) is 0 Å². The fraction of sp³-hybridized carbons (Fsp3) is 0.292. The molecule has 2 aliphatic rings. The van der Waals surface area contributed by atoms with Crippen LogP contribution in [0, 0.1) is 0 Å². The van der Waals surface area contributed by atoms with Crippen LogP contribution in [-0.4, -0.2) is 34.0 Å². The molecule has 2 heterocycles. The van der Waals surface area contributed by atoms with Crippen LogP contribution in [0.2, 0.25) is 0 Å². The number of aromatic carboxylic acids is 1. The van der Waals surface area contributed by atoms with Gasteiger partial charge in [-0.3, -0.25) is 0 Å². The molecule has 2 N–H and O–H groups in total. The molecule has 1 aromatic carbocycles. The van der Waals surface area contributed by atoms with Crippen molar-refractivity contribution in [2.45, 2.75) is 32.1 Å². The van der Waals surface area contributed by atoms with E-state index in [9.17, 15) is 9.90 Å². The van der Waals surface area contributed by atoms with Crippen molar-refractivity contribution in [3.8, 4) is 0 Å². The van der Waals surface area contributed by atoms with Crippen LogP contribution in [0.1, 0.15) is 41.6 Å². The van der Waals surface area contributed by atoms with E-state index < -0.39 is 5.97 Å². The number of rotatable bonds is 7. The monoisotopic (exact) mass is 374 g/mol. The normalized spacial score (nSPS) is 16.4. The zero-order valence-electron chi connectivity index (χ0n) is 16.0. The number of unbranched alkanes of at least 4 members (excludes halogenated alkanes) is 1. The van der Waals surface area contributed by atoms with Gasteiger partial charge in [-0.15, -0.1) is 0 Å². The molecule has 1 aliphatic carbocycles. The number of carboxylic acids is 1. The van der Waals surface area contributed by atoms with Gasteiger partial charge in [0, 0.05) is 30.2 Å². The fourth-order valence-electron chi connectivity index (χ4n) is 3.92. The Balaban J connectivity index is 1.27. The van der Waals surface area contributed by atoms with E-state index in [1.165, 1.54) is 16.7 Å². The summed E-state index contributed by atoms with van der Waals surface area (Å²) >= 11 is 0. The number of fused-ring (bicyclic) bond motifs is 1. The molecule has 2 aromatic rings. The third-order valence-electron chi connectivity index (χ3n) is 5.54. The summed E-state index contributed by atoms with van der Waals surface area (Å²) < 4.78 is 0. The first-order chi connectivity index (χ1) is 13.7. The fourth-order valence-corrected chi connectivity index (χ4v) is 3.92. The number of nitrogens with one attached hydrogen (secondary N) is 1. The second kappa shape index (κ2) is 8.34. The van der Waals surface area contributed by atoms with Crippen LogP contribution >= 0.6 is 0 Å². The first-order valence-electron chi connectivity index (χ1n) is 10.0. The van der Waals surface area contributed by atoms with Gasteiger partial charge in [-0.1, -0.05) is 24.3 Å². The second-order valence-electron chi connectivity index (χ2n) is 7.45. The van der Waals surface area contributed by atoms with E-state index in [2.05, 4.69) is 46.5 Å². The average molecular weight is 374 g/mol.